The summed E-state index contributed by atoms with van der Waals surface area (Å²) < 4.78 is 33.1. The van der Waals surface area contributed by atoms with Gasteiger partial charge in [-0.25, -0.2) is 0 Å². The Morgan fingerprint density at radius 3 is 1.22 bits per heavy atom. The average Bonchev–Trinajstić information content (AvgIpc) is 2.81. The number of hydrogen-bond donors (Lipinski definition) is 0. The van der Waals surface area contributed by atoms with E-state index < -0.39 is 16.8 Å². The molecule has 2 unspecified atom stereocenters. The van der Waals surface area contributed by atoms with E-state index in [0.717, 1.165) is 21.5 Å². The van der Waals surface area contributed by atoms with Gasteiger partial charge in [-0.3, -0.25) is 8.22 Å². The van der Waals surface area contributed by atoms with Crippen molar-refractivity contribution in [2.75, 3.05) is 0 Å². The Kier molecular flexibility index (Phi) is 6.07. The summed E-state index contributed by atoms with van der Waals surface area (Å²) in [6.45, 7) is 7.46. The molecular formula is C28H28F2Si2. The van der Waals surface area contributed by atoms with Gasteiger partial charge in [-0.05, 0) is 43.0 Å². The first kappa shape index (κ1) is 22.4. The standard InChI is InChI=1S/C28H28F2Si2/c1-21(2)31(29,27-15-13-23-9-5-7-11-25(23)19-27)17-18-32(30,22(3)4)28-16-14-24-10-6-8-12-26(24)20-28/h5-16,19-22H,1-4H3. The van der Waals surface area contributed by atoms with Crippen LogP contribution in [0.1, 0.15) is 27.7 Å². The third-order valence-corrected chi connectivity index (χ3v) is 13.1. The fraction of sp³-hybridized carbons (Fsp3) is 0.214. The van der Waals surface area contributed by atoms with Crippen LogP contribution in [0.4, 0.5) is 8.22 Å². The van der Waals surface area contributed by atoms with Crippen molar-refractivity contribution in [1.29, 1.82) is 0 Å². The molecule has 0 aliphatic rings. The number of hydrogen-bond acceptors (Lipinski definition) is 0. The molecule has 0 fully saturated rings. The van der Waals surface area contributed by atoms with E-state index in [1.54, 1.807) is 0 Å². The molecule has 0 aliphatic heterocycles. The number of benzene rings is 4. The number of rotatable bonds is 4. The van der Waals surface area contributed by atoms with E-state index in [-0.39, 0.29) is 11.1 Å². The lowest BCUT2D eigenvalue weighted by Crippen LogP contribution is -2.49. The van der Waals surface area contributed by atoms with Crippen molar-refractivity contribution in [3.05, 3.63) is 84.9 Å². The van der Waals surface area contributed by atoms with Crippen molar-refractivity contribution >= 4 is 48.7 Å². The first-order chi connectivity index (χ1) is 15.2. The Morgan fingerprint density at radius 2 is 0.875 bits per heavy atom. The van der Waals surface area contributed by atoms with Crippen molar-refractivity contribution in [1.82, 2.24) is 0 Å². The smallest absolute Gasteiger partial charge is 0.291 e. The second-order valence-electron chi connectivity index (χ2n) is 9.11. The number of halogens is 2. The molecule has 0 radical (unpaired) electrons. The molecule has 0 heterocycles. The molecular weight excluding hydrogens is 430 g/mol. The van der Waals surface area contributed by atoms with Crippen LogP contribution >= 0.6 is 0 Å². The Morgan fingerprint density at radius 1 is 0.531 bits per heavy atom. The summed E-state index contributed by atoms with van der Waals surface area (Å²) in [5.74, 6) is 0. The summed E-state index contributed by atoms with van der Waals surface area (Å²) in [7, 11) is -7.46. The zero-order valence-electron chi connectivity index (χ0n) is 19.0. The van der Waals surface area contributed by atoms with Crippen molar-refractivity contribution in [3.8, 4) is 11.1 Å². The van der Waals surface area contributed by atoms with Gasteiger partial charge in [0.05, 0.1) is 0 Å². The van der Waals surface area contributed by atoms with E-state index in [1.165, 1.54) is 0 Å². The molecule has 0 nitrogen and oxygen atoms in total. The van der Waals surface area contributed by atoms with Gasteiger partial charge in [0, 0.05) is 0 Å². The van der Waals surface area contributed by atoms with Gasteiger partial charge in [-0.1, -0.05) is 124 Å². The van der Waals surface area contributed by atoms with Gasteiger partial charge in [-0.15, -0.1) is 0 Å². The van der Waals surface area contributed by atoms with Crippen LogP contribution in [0.15, 0.2) is 84.9 Å². The van der Waals surface area contributed by atoms with Crippen molar-refractivity contribution < 1.29 is 8.22 Å². The first-order valence-corrected chi connectivity index (χ1v) is 15.1. The highest BCUT2D eigenvalue weighted by Gasteiger charge is 2.43. The summed E-state index contributed by atoms with van der Waals surface area (Å²) in [6, 6.07) is 27.2. The van der Waals surface area contributed by atoms with Crippen LogP contribution in [0.5, 0.6) is 0 Å². The lowest BCUT2D eigenvalue weighted by atomic mass is 10.1. The zero-order chi connectivity index (χ0) is 22.9. The Bertz CT molecular complexity index is 1230. The maximum absolute atomic E-state index is 16.6. The molecule has 32 heavy (non-hydrogen) atoms. The fourth-order valence-corrected chi connectivity index (χ4v) is 9.15. The van der Waals surface area contributed by atoms with Crippen LogP contribution in [0.3, 0.4) is 0 Å². The zero-order valence-corrected chi connectivity index (χ0v) is 21.0. The maximum atomic E-state index is 16.6. The van der Waals surface area contributed by atoms with E-state index in [4.69, 9.17) is 0 Å². The molecule has 0 spiro atoms. The maximum Gasteiger partial charge on any atom is 0.355 e. The summed E-state index contributed by atoms with van der Waals surface area (Å²) in [6.07, 6.45) is 0. The van der Waals surface area contributed by atoms with E-state index >= 15 is 8.22 Å². The minimum absolute atomic E-state index is 0.279. The molecule has 2 atom stereocenters. The van der Waals surface area contributed by atoms with Gasteiger partial charge in [0.25, 0.3) is 0 Å². The van der Waals surface area contributed by atoms with E-state index in [1.807, 2.05) is 113 Å². The first-order valence-electron chi connectivity index (χ1n) is 11.1. The highest BCUT2D eigenvalue weighted by molar-refractivity contribution is 6.98. The summed E-state index contributed by atoms with van der Waals surface area (Å²) in [5.41, 5.74) is 5.35. The van der Waals surface area contributed by atoms with Crippen molar-refractivity contribution in [2.45, 2.75) is 38.8 Å². The molecule has 0 bridgehead atoms. The van der Waals surface area contributed by atoms with Crippen LogP contribution in [-0.4, -0.2) is 16.8 Å². The highest BCUT2D eigenvalue weighted by atomic mass is 28.4. The normalized spacial score (nSPS) is 15.4. The molecule has 0 aromatic heterocycles. The molecule has 162 valence electrons. The topological polar surface area (TPSA) is 0 Å². The van der Waals surface area contributed by atoms with Crippen molar-refractivity contribution in [2.24, 2.45) is 0 Å². The minimum atomic E-state index is -3.73. The Labute approximate surface area is 191 Å². The lowest BCUT2D eigenvalue weighted by Gasteiger charge is -2.24. The number of fused-ring (bicyclic) bond motifs is 2. The molecule has 0 aliphatic carbocycles. The molecule has 0 saturated carbocycles. The second kappa shape index (κ2) is 8.65. The predicted octanol–water partition coefficient (Wildman–Crippen LogP) is 6.84. The summed E-state index contributed by atoms with van der Waals surface area (Å²) >= 11 is 0. The molecule has 0 saturated heterocycles. The fourth-order valence-electron chi connectivity index (χ4n) is 4.11. The van der Waals surface area contributed by atoms with Crippen LogP contribution in [0.25, 0.3) is 21.5 Å². The summed E-state index contributed by atoms with van der Waals surface area (Å²) in [4.78, 5) is 0. The third-order valence-electron chi connectivity index (χ3n) is 6.36. The molecule has 4 aromatic carbocycles. The van der Waals surface area contributed by atoms with Gasteiger partial charge in [0.2, 0.25) is 0 Å². The van der Waals surface area contributed by atoms with Crippen molar-refractivity contribution in [3.63, 3.8) is 0 Å². The van der Waals surface area contributed by atoms with Crippen LogP contribution in [0.2, 0.25) is 11.1 Å². The summed E-state index contributed by atoms with van der Waals surface area (Å²) in [5, 5.41) is 5.36. The largest absolute Gasteiger partial charge is 0.355 e. The van der Waals surface area contributed by atoms with E-state index in [0.29, 0.717) is 10.4 Å². The van der Waals surface area contributed by atoms with Gasteiger partial charge in [-0.2, -0.15) is 0 Å². The van der Waals surface area contributed by atoms with Gasteiger partial charge in [0.1, 0.15) is 0 Å². The molecule has 4 rings (SSSR count). The molecule has 4 heteroatoms. The third kappa shape index (κ3) is 4.03. The molecule has 0 amide bonds. The lowest BCUT2D eigenvalue weighted by molar-refractivity contribution is 0.767. The quantitative estimate of drug-likeness (QED) is 0.178. The van der Waals surface area contributed by atoms with E-state index in [2.05, 4.69) is 11.1 Å². The van der Waals surface area contributed by atoms with Crippen LogP contribution in [-0.2, 0) is 0 Å². The van der Waals surface area contributed by atoms with Gasteiger partial charge in [0.15, 0.2) is 0 Å². The van der Waals surface area contributed by atoms with Gasteiger partial charge >= 0.3 is 16.8 Å². The van der Waals surface area contributed by atoms with E-state index in [9.17, 15) is 0 Å². The highest BCUT2D eigenvalue weighted by Crippen LogP contribution is 2.27. The Hall–Kier alpha value is -2.75. The molecule has 0 N–H and O–H groups in total. The van der Waals surface area contributed by atoms with Crippen LogP contribution in [0, 0.1) is 11.1 Å². The minimum Gasteiger partial charge on any atom is -0.291 e. The Balaban J connectivity index is 1.83. The second-order valence-corrected chi connectivity index (χ2v) is 15.9. The monoisotopic (exact) mass is 458 g/mol. The SMILES string of the molecule is CC(C)[Si](F)(C#C[Si](F)(c1ccc2ccccc2c1)C(C)C)c1ccc2ccccc2c1. The van der Waals surface area contributed by atoms with Gasteiger partial charge < -0.3 is 0 Å². The molecule has 4 aromatic rings. The average molecular weight is 459 g/mol. The predicted molar refractivity (Wildman–Crippen MR) is 139 cm³/mol. The van der Waals surface area contributed by atoms with Crippen LogP contribution < -0.4 is 10.4 Å².